The fourth-order valence-electron chi connectivity index (χ4n) is 4.06. The molecule has 1 aliphatic heterocycles. The number of hydrogen-bond acceptors (Lipinski definition) is 6. The van der Waals surface area contributed by atoms with Gasteiger partial charge in [-0.1, -0.05) is 12.1 Å². The Morgan fingerprint density at radius 3 is 2.70 bits per heavy atom. The van der Waals surface area contributed by atoms with E-state index in [0.717, 1.165) is 41.7 Å². The molecule has 0 saturated carbocycles. The zero-order valence-corrected chi connectivity index (χ0v) is 17.8. The Balaban J connectivity index is 1.34. The number of benzene rings is 1. The fourth-order valence-corrected chi connectivity index (χ4v) is 4.06. The SMILES string of the molecule is CC(C)N1CCC(COc2cc(CNc3cccc4c(N)nccc34)ccn2)CC1. The van der Waals surface area contributed by atoms with Gasteiger partial charge >= 0.3 is 0 Å². The van der Waals surface area contributed by atoms with E-state index in [4.69, 9.17) is 10.5 Å². The number of anilines is 2. The topological polar surface area (TPSA) is 76.3 Å². The molecule has 3 aromatic rings. The van der Waals surface area contributed by atoms with Crippen LogP contribution >= 0.6 is 0 Å². The second-order valence-corrected chi connectivity index (χ2v) is 8.34. The minimum absolute atomic E-state index is 0.551. The first kappa shape index (κ1) is 20.4. The van der Waals surface area contributed by atoms with E-state index in [-0.39, 0.29) is 0 Å². The van der Waals surface area contributed by atoms with Crippen LogP contribution in [0.5, 0.6) is 5.88 Å². The minimum Gasteiger partial charge on any atom is -0.477 e. The molecule has 3 heterocycles. The quantitative estimate of drug-likeness (QED) is 0.610. The highest BCUT2D eigenvalue weighted by Crippen LogP contribution is 2.27. The van der Waals surface area contributed by atoms with E-state index in [1.165, 1.54) is 12.8 Å². The van der Waals surface area contributed by atoms with Crippen LogP contribution in [0.1, 0.15) is 32.3 Å². The van der Waals surface area contributed by atoms with Gasteiger partial charge in [0.15, 0.2) is 0 Å². The third-order valence-corrected chi connectivity index (χ3v) is 5.97. The van der Waals surface area contributed by atoms with E-state index >= 15 is 0 Å². The van der Waals surface area contributed by atoms with E-state index < -0.39 is 0 Å². The van der Waals surface area contributed by atoms with Gasteiger partial charge in [-0.2, -0.15) is 0 Å². The van der Waals surface area contributed by atoms with E-state index in [1.807, 2.05) is 36.5 Å². The molecule has 0 amide bonds. The summed E-state index contributed by atoms with van der Waals surface area (Å²) < 4.78 is 6.04. The molecular formula is C24H31N5O. The zero-order chi connectivity index (χ0) is 20.9. The summed E-state index contributed by atoms with van der Waals surface area (Å²) in [6.07, 6.45) is 5.95. The Bertz CT molecular complexity index is 982. The molecule has 0 bridgehead atoms. The van der Waals surface area contributed by atoms with Crippen molar-refractivity contribution in [1.82, 2.24) is 14.9 Å². The average molecular weight is 406 g/mol. The average Bonchev–Trinajstić information content (AvgIpc) is 2.77. The van der Waals surface area contributed by atoms with Crippen LogP contribution in [-0.2, 0) is 6.54 Å². The maximum atomic E-state index is 6.04. The molecule has 1 fully saturated rings. The predicted octanol–water partition coefficient (Wildman–Crippen LogP) is 4.32. The number of rotatable bonds is 7. The van der Waals surface area contributed by atoms with Gasteiger partial charge in [-0.15, -0.1) is 0 Å². The van der Waals surface area contributed by atoms with Crippen LogP contribution in [0.2, 0.25) is 0 Å². The summed E-state index contributed by atoms with van der Waals surface area (Å²) in [6, 6.07) is 12.7. The standard InChI is InChI=1S/C24H31N5O/c1-17(2)29-12-8-18(9-13-29)16-30-23-14-19(6-10-26-23)15-28-22-5-3-4-21-20(22)7-11-27-24(21)25/h3-7,10-11,14,17-18,28H,8-9,12-13,15-16H2,1-2H3,(H2,25,27). The van der Waals surface area contributed by atoms with Crippen molar-refractivity contribution in [1.29, 1.82) is 0 Å². The molecule has 4 rings (SSSR count). The van der Waals surface area contributed by atoms with Gasteiger partial charge in [-0.3, -0.25) is 0 Å². The number of hydrogen-bond donors (Lipinski definition) is 2. The van der Waals surface area contributed by atoms with E-state index in [2.05, 4.69) is 40.1 Å². The van der Waals surface area contributed by atoms with Crippen LogP contribution in [0.4, 0.5) is 11.5 Å². The van der Waals surface area contributed by atoms with Gasteiger partial charge in [0, 0.05) is 47.5 Å². The number of nitrogen functional groups attached to an aromatic ring is 1. The summed E-state index contributed by atoms with van der Waals surface area (Å²) in [5.74, 6) is 1.86. The highest BCUT2D eigenvalue weighted by atomic mass is 16.5. The molecule has 3 N–H and O–H groups in total. The van der Waals surface area contributed by atoms with Gasteiger partial charge in [0.25, 0.3) is 0 Å². The molecule has 6 heteroatoms. The molecule has 0 spiro atoms. The van der Waals surface area contributed by atoms with Crippen LogP contribution in [-0.4, -0.2) is 40.6 Å². The number of likely N-dealkylation sites (tertiary alicyclic amines) is 1. The van der Waals surface area contributed by atoms with Gasteiger partial charge in [0.05, 0.1) is 6.61 Å². The molecule has 1 aromatic carbocycles. The van der Waals surface area contributed by atoms with Crippen molar-refractivity contribution in [2.75, 3.05) is 30.7 Å². The summed E-state index contributed by atoms with van der Waals surface area (Å²) in [5.41, 5.74) is 8.18. The fraction of sp³-hybridized carbons (Fsp3) is 0.417. The summed E-state index contributed by atoms with van der Waals surface area (Å²) >= 11 is 0. The number of ether oxygens (including phenoxy) is 1. The van der Waals surface area contributed by atoms with Crippen LogP contribution in [0.3, 0.4) is 0 Å². The lowest BCUT2D eigenvalue weighted by Gasteiger charge is -2.34. The molecular weight excluding hydrogens is 374 g/mol. The molecule has 0 unspecified atom stereocenters. The first-order valence-corrected chi connectivity index (χ1v) is 10.8. The second-order valence-electron chi connectivity index (χ2n) is 8.34. The summed E-state index contributed by atoms with van der Waals surface area (Å²) in [4.78, 5) is 11.1. The van der Waals surface area contributed by atoms with Crippen molar-refractivity contribution >= 4 is 22.3 Å². The predicted molar refractivity (Wildman–Crippen MR) is 123 cm³/mol. The smallest absolute Gasteiger partial charge is 0.213 e. The number of piperidine rings is 1. The first-order chi connectivity index (χ1) is 14.6. The number of nitrogens with two attached hydrogens (primary N) is 1. The highest BCUT2D eigenvalue weighted by Gasteiger charge is 2.21. The molecule has 0 aliphatic carbocycles. The molecule has 2 aromatic heterocycles. The number of fused-ring (bicyclic) bond motifs is 1. The van der Waals surface area contributed by atoms with Crippen LogP contribution < -0.4 is 15.8 Å². The van der Waals surface area contributed by atoms with Crippen molar-refractivity contribution in [3.8, 4) is 5.88 Å². The molecule has 30 heavy (non-hydrogen) atoms. The molecule has 6 nitrogen and oxygen atoms in total. The van der Waals surface area contributed by atoms with Gasteiger partial charge in [-0.25, -0.2) is 9.97 Å². The summed E-state index contributed by atoms with van der Waals surface area (Å²) in [6.45, 7) is 8.29. The van der Waals surface area contributed by atoms with Crippen molar-refractivity contribution in [3.05, 3.63) is 54.4 Å². The van der Waals surface area contributed by atoms with Crippen LogP contribution in [0, 0.1) is 5.92 Å². The Morgan fingerprint density at radius 1 is 1.10 bits per heavy atom. The van der Waals surface area contributed by atoms with Gasteiger partial charge in [0.1, 0.15) is 5.82 Å². The molecule has 0 atom stereocenters. The number of aromatic nitrogens is 2. The van der Waals surface area contributed by atoms with Gasteiger partial charge in [0.2, 0.25) is 5.88 Å². The molecule has 1 saturated heterocycles. The molecule has 1 aliphatic rings. The molecule has 158 valence electrons. The van der Waals surface area contributed by atoms with Crippen LogP contribution in [0.25, 0.3) is 10.8 Å². The molecule has 0 radical (unpaired) electrons. The van der Waals surface area contributed by atoms with E-state index in [1.54, 1.807) is 6.20 Å². The van der Waals surface area contributed by atoms with Crippen molar-refractivity contribution in [2.24, 2.45) is 5.92 Å². The Hall–Kier alpha value is -2.86. The monoisotopic (exact) mass is 405 g/mol. The van der Waals surface area contributed by atoms with E-state index in [0.29, 0.717) is 30.2 Å². The lowest BCUT2D eigenvalue weighted by molar-refractivity contribution is 0.117. The van der Waals surface area contributed by atoms with Gasteiger partial charge < -0.3 is 20.7 Å². The maximum Gasteiger partial charge on any atom is 0.213 e. The lowest BCUT2D eigenvalue weighted by atomic mass is 9.97. The van der Waals surface area contributed by atoms with Crippen LogP contribution in [0.15, 0.2) is 48.8 Å². The Labute approximate surface area is 178 Å². The third-order valence-electron chi connectivity index (χ3n) is 5.97. The summed E-state index contributed by atoms with van der Waals surface area (Å²) in [7, 11) is 0. The summed E-state index contributed by atoms with van der Waals surface area (Å²) in [5, 5.41) is 5.54. The highest BCUT2D eigenvalue weighted by molar-refractivity contribution is 5.99. The second kappa shape index (κ2) is 9.30. The lowest BCUT2D eigenvalue weighted by Crippen LogP contribution is -2.39. The Kier molecular flexibility index (Phi) is 6.33. The van der Waals surface area contributed by atoms with E-state index in [9.17, 15) is 0 Å². The van der Waals surface area contributed by atoms with Crippen molar-refractivity contribution < 1.29 is 4.74 Å². The first-order valence-electron chi connectivity index (χ1n) is 10.8. The minimum atomic E-state index is 0.551. The van der Waals surface area contributed by atoms with Crippen molar-refractivity contribution in [3.63, 3.8) is 0 Å². The maximum absolute atomic E-state index is 6.04. The largest absolute Gasteiger partial charge is 0.477 e. The van der Waals surface area contributed by atoms with Crippen molar-refractivity contribution in [2.45, 2.75) is 39.3 Å². The number of nitrogens with zero attached hydrogens (tertiary/aromatic N) is 3. The van der Waals surface area contributed by atoms with Gasteiger partial charge in [-0.05, 0) is 69.5 Å². The number of nitrogens with one attached hydrogen (secondary N) is 1. The zero-order valence-electron chi connectivity index (χ0n) is 17.8. The third kappa shape index (κ3) is 4.82. The normalized spacial score (nSPS) is 15.6. The Morgan fingerprint density at radius 2 is 1.90 bits per heavy atom. The number of pyridine rings is 2.